The number of nitrogens with zero attached hydrogens (tertiary/aromatic N) is 3. The van der Waals surface area contributed by atoms with Crippen molar-refractivity contribution in [1.82, 2.24) is 20.2 Å². The number of aromatic amines is 1. The molecule has 0 amide bonds. The summed E-state index contributed by atoms with van der Waals surface area (Å²) in [6.45, 7) is 0. The first-order valence-corrected chi connectivity index (χ1v) is 5.34. The van der Waals surface area contributed by atoms with E-state index in [0.29, 0.717) is 6.04 Å². The Morgan fingerprint density at radius 1 is 1.27 bits per heavy atom. The van der Waals surface area contributed by atoms with Gasteiger partial charge in [0.25, 0.3) is 0 Å². The van der Waals surface area contributed by atoms with Gasteiger partial charge in [-0.3, -0.25) is 5.10 Å². The lowest BCUT2D eigenvalue weighted by Gasteiger charge is -2.12. The van der Waals surface area contributed by atoms with Crippen LogP contribution >= 0.6 is 0 Å². The van der Waals surface area contributed by atoms with Gasteiger partial charge in [-0.15, -0.1) is 0 Å². The third kappa shape index (κ3) is 1.54. The molecule has 3 rings (SSSR count). The first kappa shape index (κ1) is 8.64. The van der Waals surface area contributed by atoms with E-state index in [0.717, 1.165) is 16.9 Å². The quantitative estimate of drug-likeness (QED) is 0.779. The van der Waals surface area contributed by atoms with Gasteiger partial charge in [0.15, 0.2) is 5.65 Å². The lowest BCUT2D eigenvalue weighted by Crippen LogP contribution is -2.15. The second-order valence-electron chi connectivity index (χ2n) is 3.98. The van der Waals surface area contributed by atoms with Crippen LogP contribution in [0.1, 0.15) is 25.7 Å². The summed E-state index contributed by atoms with van der Waals surface area (Å²) < 4.78 is 0. The minimum absolute atomic E-state index is 0.568. The van der Waals surface area contributed by atoms with Crippen LogP contribution < -0.4 is 5.32 Å². The van der Waals surface area contributed by atoms with Crippen LogP contribution in [0.2, 0.25) is 0 Å². The molecule has 2 heterocycles. The van der Waals surface area contributed by atoms with E-state index in [1.54, 1.807) is 12.5 Å². The van der Waals surface area contributed by atoms with E-state index < -0.39 is 0 Å². The van der Waals surface area contributed by atoms with Gasteiger partial charge in [0.2, 0.25) is 0 Å². The average molecular weight is 203 g/mol. The van der Waals surface area contributed by atoms with Crippen molar-refractivity contribution in [2.45, 2.75) is 31.7 Å². The summed E-state index contributed by atoms with van der Waals surface area (Å²) in [4.78, 5) is 8.37. The van der Waals surface area contributed by atoms with Gasteiger partial charge in [-0.1, -0.05) is 12.8 Å². The van der Waals surface area contributed by atoms with Crippen LogP contribution in [0.25, 0.3) is 11.0 Å². The first-order valence-electron chi connectivity index (χ1n) is 5.34. The Hall–Kier alpha value is -1.65. The van der Waals surface area contributed by atoms with Crippen molar-refractivity contribution in [2.75, 3.05) is 5.32 Å². The maximum Gasteiger partial charge on any atom is 0.160 e. The van der Waals surface area contributed by atoms with Gasteiger partial charge in [-0.25, -0.2) is 9.97 Å². The molecule has 1 saturated carbocycles. The summed E-state index contributed by atoms with van der Waals surface area (Å²) in [6, 6.07) is 0.568. The van der Waals surface area contributed by atoms with Crippen molar-refractivity contribution >= 4 is 16.9 Å². The molecule has 1 aliphatic carbocycles. The third-order valence-corrected chi connectivity index (χ3v) is 2.94. The molecule has 1 aliphatic rings. The van der Waals surface area contributed by atoms with Crippen LogP contribution in [0.4, 0.5) is 5.82 Å². The SMILES string of the molecule is c1nc(NC2CCCC2)c2cn[nH]c2n1. The van der Waals surface area contributed by atoms with Gasteiger partial charge in [-0.2, -0.15) is 5.10 Å². The van der Waals surface area contributed by atoms with Gasteiger partial charge in [-0.05, 0) is 12.8 Å². The maximum atomic E-state index is 4.26. The van der Waals surface area contributed by atoms with Crippen molar-refractivity contribution < 1.29 is 0 Å². The normalized spacial score (nSPS) is 17.3. The third-order valence-electron chi connectivity index (χ3n) is 2.94. The zero-order valence-corrected chi connectivity index (χ0v) is 8.40. The van der Waals surface area contributed by atoms with E-state index in [4.69, 9.17) is 0 Å². The van der Waals surface area contributed by atoms with Crippen molar-refractivity contribution in [3.63, 3.8) is 0 Å². The highest BCUT2D eigenvalue weighted by atomic mass is 15.2. The molecule has 0 unspecified atom stereocenters. The van der Waals surface area contributed by atoms with Gasteiger partial charge >= 0.3 is 0 Å². The minimum Gasteiger partial charge on any atom is -0.367 e. The molecule has 0 aromatic carbocycles. The fraction of sp³-hybridized carbons (Fsp3) is 0.500. The number of hydrogen-bond donors (Lipinski definition) is 2. The molecule has 1 fully saturated rings. The van der Waals surface area contributed by atoms with Crippen LogP contribution in [0.15, 0.2) is 12.5 Å². The monoisotopic (exact) mass is 203 g/mol. The molecule has 5 heteroatoms. The van der Waals surface area contributed by atoms with Crippen molar-refractivity contribution in [3.05, 3.63) is 12.5 Å². The molecule has 2 N–H and O–H groups in total. The van der Waals surface area contributed by atoms with Crippen LogP contribution in [0.3, 0.4) is 0 Å². The van der Waals surface area contributed by atoms with E-state index >= 15 is 0 Å². The van der Waals surface area contributed by atoms with Crippen molar-refractivity contribution in [2.24, 2.45) is 0 Å². The van der Waals surface area contributed by atoms with Gasteiger partial charge < -0.3 is 5.32 Å². The second-order valence-corrected chi connectivity index (χ2v) is 3.98. The van der Waals surface area contributed by atoms with E-state index in [9.17, 15) is 0 Å². The van der Waals surface area contributed by atoms with Crippen molar-refractivity contribution in [3.8, 4) is 0 Å². The molecule has 2 aromatic rings. The van der Waals surface area contributed by atoms with Crippen LogP contribution in [0, 0.1) is 0 Å². The fourth-order valence-electron chi connectivity index (χ4n) is 2.14. The smallest absolute Gasteiger partial charge is 0.160 e. The average Bonchev–Trinajstić information content (AvgIpc) is 2.87. The Morgan fingerprint density at radius 2 is 2.13 bits per heavy atom. The van der Waals surface area contributed by atoms with Crippen LogP contribution in [0.5, 0.6) is 0 Å². The molecule has 0 saturated heterocycles. The fourth-order valence-corrected chi connectivity index (χ4v) is 2.14. The number of nitrogens with one attached hydrogen (secondary N) is 2. The number of aromatic nitrogens is 4. The largest absolute Gasteiger partial charge is 0.367 e. The first-order chi connectivity index (χ1) is 7.43. The molecule has 0 bridgehead atoms. The van der Waals surface area contributed by atoms with Crippen LogP contribution in [-0.4, -0.2) is 26.2 Å². The predicted molar refractivity (Wildman–Crippen MR) is 57.6 cm³/mol. The number of hydrogen-bond acceptors (Lipinski definition) is 4. The molecule has 0 aliphatic heterocycles. The standard InChI is InChI=1S/C10H13N5/c1-2-4-7(3-1)14-9-8-5-13-15-10(8)12-6-11-9/h5-7H,1-4H2,(H2,11,12,13,14,15). The van der Waals surface area contributed by atoms with Gasteiger partial charge in [0.1, 0.15) is 12.1 Å². The summed E-state index contributed by atoms with van der Waals surface area (Å²) in [5, 5.41) is 11.2. The number of anilines is 1. The number of fused-ring (bicyclic) bond motifs is 1. The van der Waals surface area contributed by atoms with E-state index in [1.807, 2.05) is 0 Å². The molecule has 2 aromatic heterocycles. The lowest BCUT2D eigenvalue weighted by atomic mass is 10.2. The molecular formula is C10H13N5. The number of rotatable bonds is 2. The van der Waals surface area contributed by atoms with Gasteiger partial charge in [0.05, 0.1) is 11.6 Å². The molecule has 5 nitrogen and oxygen atoms in total. The Kier molecular flexibility index (Phi) is 2.01. The Labute approximate surface area is 87.3 Å². The topological polar surface area (TPSA) is 66.5 Å². The Morgan fingerprint density at radius 3 is 3.00 bits per heavy atom. The summed E-state index contributed by atoms with van der Waals surface area (Å²) in [5.41, 5.74) is 0.797. The van der Waals surface area contributed by atoms with Gasteiger partial charge in [0, 0.05) is 6.04 Å². The minimum atomic E-state index is 0.568. The predicted octanol–water partition coefficient (Wildman–Crippen LogP) is 1.71. The zero-order valence-electron chi connectivity index (χ0n) is 8.40. The highest BCUT2D eigenvalue weighted by Crippen LogP contribution is 2.24. The maximum absolute atomic E-state index is 4.26. The Bertz CT molecular complexity index is 458. The summed E-state index contributed by atoms with van der Waals surface area (Å²) in [7, 11) is 0. The summed E-state index contributed by atoms with van der Waals surface area (Å²) >= 11 is 0. The molecule has 0 radical (unpaired) electrons. The summed E-state index contributed by atoms with van der Waals surface area (Å²) in [5.74, 6) is 0.903. The molecule has 0 atom stereocenters. The van der Waals surface area contributed by atoms with E-state index in [2.05, 4.69) is 25.5 Å². The molecule has 15 heavy (non-hydrogen) atoms. The van der Waals surface area contributed by atoms with Crippen molar-refractivity contribution in [1.29, 1.82) is 0 Å². The van der Waals surface area contributed by atoms with Crippen LogP contribution in [-0.2, 0) is 0 Å². The molecule has 0 spiro atoms. The lowest BCUT2D eigenvalue weighted by molar-refractivity contribution is 0.751. The molecule has 78 valence electrons. The number of H-pyrrole nitrogens is 1. The second kappa shape index (κ2) is 3.49. The zero-order chi connectivity index (χ0) is 10.1. The summed E-state index contributed by atoms with van der Waals surface area (Å²) in [6.07, 6.45) is 8.45. The Balaban J connectivity index is 1.92. The highest BCUT2D eigenvalue weighted by Gasteiger charge is 2.16. The molecular weight excluding hydrogens is 190 g/mol. The highest BCUT2D eigenvalue weighted by molar-refractivity contribution is 5.85. The van der Waals surface area contributed by atoms with E-state index in [-0.39, 0.29) is 0 Å². The van der Waals surface area contributed by atoms with E-state index in [1.165, 1.54) is 25.7 Å².